The number of likely N-dealkylation sites (tertiary alicyclic amines) is 1. The Morgan fingerprint density at radius 1 is 0.765 bits per heavy atom. The number of fused-ring (bicyclic) bond motifs is 1. The molecule has 3 heterocycles. The van der Waals surface area contributed by atoms with Gasteiger partial charge in [0.15, 0.2) is 0 Å². The molecule has 2 aliphatic rings. The van der Waals surface area contributed by atoms with E-state index in [2.05, 4.69) is 63.2 Å². The molecular weight excluding hydrogens is 460 g/mol. The minimum atomic E-state index is 0.693. The molecule has 180 valence electrons. The summed E-state index contributed by atoms with van der Waals surface area (Å²) in [6.45, 7) is 10.6. The fourth-order valence-corrected chi connectivity index (χ4v) is 6.28. The van der Waals surface area contributed by atoms with Crippen molar-refractivity contribution >= 4 is 34.3 Å². The second-order valence-electron chi connectivity index (χ2n) is 9.60. The summed E-state index contributed by atoms with van der Waals surface area (Å²) in [7, 11) is 0. The summed E-state index contributed by atoms with van der Waals surface area (Å²) in [6, 6.07) is 21.1. The number of benzene rings is 2. The molecule has 2 aliphatic heterocycles. The van der Waals surface area contributed by atoms with E-state index < -0.39 is 0 Å². The Labute approximate surface area is 213 Å². The highest BCUT2D eigenvalue weighted by molar-refractivity contribution is 7.99. The molecule has 3 aromatic rings. The van der Waals surface area contributed by atoms with Gasteiger partial charge in [0.1, 0.15) is 0 Å². The third-order valence-corrected chi connectivity index (χ3v) is 8.65. The van der Waals surface area contributed by atoms with Crippen LogP contribution in [0.25, 0.3) is 10.9 Å². The van der Waals surface area contributed by atoms with E-state index in [1.54, 1.807) is 0 Å². The average Bonchev–Trinajstić information content (AvgIpc) is 2.87. The molecule has 0 unspecified atom stereocenters. The summed E-state index contributed by atoms with van der Waals surface area (Å²) in [5.74, 6) is 0. The molecule has 0 radical (unpaired) electrons. The van der Waals surface area contributed by atoms with Gasteiger partial charge in [-0.15, -0.1) is 11.8 Å². The number of halogens is 1. The predicted octanol–water partition coefficient (Wildman–Crippen LogP) is 5.65. The second-order valence-corrected chi connectivity index (χ2v) is 11.4. The van der Waals surface area contributed by atoms with Gasteiger partial charge in [-0.1, -0.05) is 48.0 Å². The van der Waals surface area contributed by atoms with Crippen LogP contribution >= 0.6 is 23.4 Å². The molecule has 0 spiro atoms. The van der Waals surface area contributed by atoms with Gasteiger partial charge in [-0.05, 0) is 75.3 Å². The van der Waals surface area contributed by atoms with Gasteiger partial charge >= 0.3 is 0 Å². The first-order valence-corrected chi connectivity index (χ1v) is 13.9. The van der Waals surface area contributed by atoms with E-state index in [0.29, 0.717) is 5.25 Å². The van der Waals surface area contributed by atoms with Gasteiger partial charge in [0, 0.05) is 48.4 Å². The monoisotopic (exact) mass is 494 g/mol. The van der Waals surface area contributed by atoms with Gasteiger partial charge in [-0.25, -0.2) is 4.98 Å². The lowest BCUT2D eigenvalue weighted by atomic mass is 10.1. The summed E-state index contributed by atoms with van der Waals surface area (Å²) in [4.78, 5) is 12.7. The molecule has 0 atom stereocenters. The van der Waals surface area contributed by atoms with E-state index in [1.807, 2.05) is 23.9 Å². The van der Waals surface area contributed by atoms with Crippen LogP contribution in [0.1, 0.15) is 24.8 Å². The Balaban J connectivity index is 0.969. The van der Waals surface area contributed by atoms with Crippen molar-refractivity contribution in [2.75, 3.05) is 52.4 Å². The second kappa shape index (κ2) is 11.9. The number of piperazine rings is 1. The van der Waals surface area contributed by atoms with Crippen molar-refractivity contribution in [3.05, 3.63) is 71.2 Å². The lowest BCUT2D eigenvalue weighted by Gasteiger charge is -2.36. The van der Waals surface area contributed by atoms with Crippen LogP contribution in [0.3, 0.4) is 0 Å². The zero-order valence-corrected chi connectivity index (χ0v) is 21.5. The van der Waals surface area contributed by atoms with Crippen molar-refractivity contribution in [2.45, 2.75) is 36.1 Å². The standard InChI is InChI=1S/C28H35ClN4S/c29-25-9-6-23(7-10-25)22-33-20-18-32(19-21-33)15-3-14-31-16-12-26(13-17-31)34-28-11-8-24-4-1-2-5-27(24)30-28/h1-2,4-11,26H,3,12-22H2. The zero-order chi connectivity index (χ0) is 23.2. The van der Waals surface area contributed by atoms with E-state index in [-0.39, 0.29) is 0 Å². The van der Waals surface area contributed by atoms with Crippen LogP contribution in [0.5, 0.6) is 0 Å². The summed E-state index contributed by atoms with van der Waals surface area (Å²) in [5.41, 5.74) is 2.46. The van der Waals surface area contributed by atoms with Crippen LogP contribution in [0.2, 0.25) is 5.02 Å². The van der Waals surface area contributed by atoms with Crippen LogP contribution < -0.4 is 0 Å². The first-order chi connectivity index (χ1) is 16.7. The van der Waals surface area contributed by atoms with Crippen LogP contribution in [-0.4, -0.2) is 77.3 Å². The number of rotatable bonds is 8. The fraction of sp³-hybridized carbons (Fsp3) is 0.464. The minimum Gasteiger partial charge on any atom is -0.303 e. The lowest BCUT2D eigenvalue weighted by molar-refractivity contribution is 0.120. The third-order valence-electron chi connectivity index (χ3n) is 7.13. The number of hydrogen-bond acceptors (Lipinski definition) is 5. The summed E-state index contributed by atoms with van der Waals surface area (Å²) < 4.78 is 0. The number of nitrogens with zero attached hydrogens (tertiary/aromatic N) is 4. The Morgan fingerprint density at radius 2 is 1.44 bits per heavy atom. The molecule has 0 saturated carbocycles. The largest absolute Gasteiger partial charge is 0.303 e. The lowest BCUT2D eigenvalue weighted by Crippen LogP contribution is -2.46. The number of pyridine rings is 1. The zero-order valence-electron chi connectivity index (χ0n) is 19.9. The first kappa shape index (κ1) is 24.1. The van der Waals surface area contributed by atoms with E-state index in [4.69, 9.17) is 16.6 Å². The van der Waals surface area contributed by atoms with Gasteiger partial charge in [-0.3, -0.25) is 4.90 Å². The summed E-state index contributed by atoms with van der Waals surface area (Å²) in [6.07, 6.45) is 3.81. The molecule has 0 aliphatic carbocycles. The van der Waals surface area contributed by atoms with Crippen LogP contribution in [-0.2, 0) is 6.54 Å². The van der Waals surface area contributed by atoms with Gasteiger partial charge in [0.05, 0.1) is 10.5 Å². The summed E-state index contributed by atoms with van der Waals surface area (Å²) >= 11 is 7.98. The van der Waals surface area contributed by atoms with E-state index >= 15 is 0 Å². The SMILES string of the molecule is Clc1ccc(CN2CCN(CCCN3CCC(Sc4ccc5ccccc5n4)CC3)CC2)cc1. The molecule has 2 aromatic carbocycles. The van der Waals surface area contributed by atoms with Gasteiger partial charge in [0.2, 0.25) is 0 Å². The quantitative estimate of drug-likeness (QED) is 0.402. The Morgan fingerprint density at radius 3 is 2.21 bits per heavy atom. The molecule has 0 bridgehead atoms. The number of thioether (sulfide) groups is 1. The number of hydrogen-bond donors (Lipinski definition) is 0. The molecule has 34 heavy (non-hydrogen) atoms. The molecule has 0 amide bonds. The van der Waals surface area contributed by atoms with E-state index in [9.17, 15) is 0 Å². The molecule has 5 rings (SSSR count). The Hall–Kier alpha value is -1.63. The highest BCUT2D eigenvalue weighted by Crippen LogP contribution is 2.30. The van der Waals surface area contributed by atoms with Crippen LogP contribution in [0.4, 0.5) is 0 Å². The maximum atomic E-state index is 6.01. The molecule has 0 N–H and O–H groups in total. The normalized spacial score (nSPS) is 19.1. The van der Waals surface area contributed by atoms with Crippen molar-refractivity contribution in [1.29, 1.82) is 0 Å². The predicted molar refractivity (Wildman–Crippen MR) is 145 cm³/mol. The van der Waals surface area contributed by atoms with Gasteiger partial charge < -0.3 is 9.80 Å². The van der Waals surface area contributed by atoms with Crippen molar-refractivity contribution in [3.63, 3.8) is 0 Å². The van der Waals surface area contributed by atoms with Gasteiger partial charge in [-0.2, -0.15) is 0 Å². The third kappa shape index (κ3) is 6.73. The van der Waals surface area contributed by atoms with Crippen molar-refractivity contribution in [1.82, 2.24) is 19.7 Å². The van der Waals surface area contributed by atoms with Crippen LogP contribution in [0, 0.1) is 0 Å². The fourth-order valence-electron chi connectivity index (χ4n) is 5.07. The molecular formula is C28H35ClN4S. The maximum absolute atomic E-state index is 6.01. The number of aromatic nitrogens is 1. The van der Waals surface area contributed by atoms with E-state index in [1.165, 1.54) is 74.5 Å². The highest BCUT2D eigenvalue weighted by Gasteiger charge is 2.21. The van der Waals surface area contributed by atoms with Crippen molar-refractivity contribution in [2.24, 2.45) is 0 Å². The first-order valence-electron chi connectivity index (χ1n) is 12.7. The minimum absolute atomic E-state index is 0.693. The Bertz CT molecular complexity index is 1040. The molecule has 2 saturated heterocycles. The van der Waals surface area contributed by atoms with E-state index in [0.717, 1.165) is 30.2 Å². The van der Waals surface area contributed by atoms with Crippen molar-refractivity contribution < 1.29 is 0 Å². The average molecular weight is 495 g/mol. The highest BCUT2D eigenvalue weighted by atomic mass is 35.5. The maximum Gasteiger partial charge on any atom is 0.0970 e. The summed E-state index contributed by atoms with van der Waals surface area (Å²) in [5, 5.41) is 3.91. The molecule has 1 aromatic heterocycles. The van der Waals surface area contributed by atoms with Crippen molar-refractivity contribution in [3.8, 4) is 0 Å². The van der Waals surface area contributed by atoms with Gasteiger partial charge in [0.25, 0.3) is 0 Å². The number of piperidine rings is 1. The van der Waals surface area contributed by atoms with Crippen LogP contribution in [0.15, 0.2) is 65.7 Å². The Kier molecular flexibility index (Phi) is 8.41. The smallest absolute Gasteiger partial charge is 0.0970 e. The molecule has 2 fully saturated rings. The molecule has 4 nitrogen and oxygen atoms in total. The molecule has 6 heteroatoms. The topological polar surface area (TPSA) is 22.6 Å². The number of para-hydroxylation sites is 1.